The minimum absolute atomic E-state index is 0.0384. The van der Waals surface area contributed by atoms with Crippen LogP contribution >= 0.6 is 11.6 Å². The highest BCUT2D eigenvalue weighted by Gasteiger charge is 2.40. The molecular weight excluding hydrogens is 396 g/mol. The van der Waals surface area contributed by atoms with Crippen molar-refractivity contribution in [3.8, 4) is 6.07 Å². The van der Waals surface area contributed by atoms with E-state index in [0.29, 0.717) is 5.02 Å². The molecule has 1 aliphatic rings. The Hall–Kier alpha value is -1.92. The number of halogens is 1. The van der Waals surface area contributed by atoms with Gasteiger partial charge >= 0.3 is 0 Å². The van der Waals surface area contributed by atoms with Crippen LogP contribution in [0, 0.1) is 11.3 Å². The molecule has 0 amide bonds. The van der Waals surface area contributed by atoms with Crippen LogP contribution in [0.5, 0.6) is 0 Å². The first kappa shape index (κ1) is 18.9. The topological polar surface area (TPSA) is 95.3 Å². The fourth-order valence-electron chi connectivity index (χ4n) is 2.91. The van der Waals surface area contributed by atoms with E-state index in [-0.39, 0.29) is 34.9 Å². The quantitative estimate of drug-likeness (QED) is 0.771. The van der Waals surface area contributed by atoms with Crippen molar-refractivity contribution >= 4 is 31.5 Å². The first-order valence-electron chi connectivity index (χ1n) is 7.75. The summed E-state index contributed by atoms with van der Waals surface area (Å²) in [7, 11) is -7.61. The van der Waals surface area contributed by atoms with Gasteiger partial charge in [0.1, 0.15) is 6.07 Å². The van der Waals surface area contributed by atoms with Gasteiger partial charge in [-0.05, 0) is 42.8 Å². The summed E-state index contributed by atoms with van der Waals surface area (Å²) in [4.78, 5) is 0.00983. The van der Waals surface area contributed by atoms with Gasteiger partial charge in [-0.2, -0.15) is 9.57 Å². The van der Waals surface area contributed by atoms with Gasteiger partial charge in [-0.25, -0.2) is 16.8 Å². The standard InChI is InChI=1S/C17H15ClN2O4S2/c18-14-5-7-15(8-6-14)25(21,22)16-9-10-20(12-16)26(23,24)17-4-2-1-3-13(17)11-19/h1-8,16H,9-10,12H2/t16-/m0/s1. The van der Waals surface area contributed by atoms with Crippen molar-refractivity contribution in [1.29, 1.82) is 5.26 Å². The molecule has 0 bridgehead atoms. The fraction of sp³-hybridized carbons (Fsp3) is 0.235. The van der Waals surface area contributed by atoms with E-state index in [1.165, 1.54) is 42.5 Å². The molecule has 0 radical (unpaired) electrons. The van der Waals surface area contributed by atoms with E-state index in [2.05, 4.69) is 0 Å². The maximum Gasteiger partial charge on any atom is 0.244 e. The Morgan fingerprint density at radius 1 is 1.04 bits per heavy atom. The predicted molar refractivity (Wildman–Crippen MR) is 97.0 cm³/mol. The average molecular weight is 411 g/mol. The number of nitrogens with zero attached hydrogens (tertiary/aromatic N) is 2. The Balaban J connectivity index is 1.88. The molecule has 0 saturated carbocycles. The first-order chi connectivity index (χ1) is 12.3. The lowest BCUT2D eigenvalue weighted by Gasteiger charge is -2.17. The van der Waals surface area contributed by atoms with Gasteiger partial charge in [0.05, 0.1) is 20.6 Å². The van der Waals surface area contributed by atoms with Crippen molar-refractivity contribution in [3.05, 3.63) is 59.1 Å². The molecule has 1 aliphatic heterocycles. The van der Waals surface area contributed by atoms with Gasteiger partial charge in [0, 0.05) is 18.1 Å². The zero-order chi connectivity index (χ0) is 18.9. The average Bonchev–Trinajstić information content (AvgIpc) is 3.14. The van der Waals surface area contributed by atoms with Crippen molar-refractivity contribution in [2.75, 3.05) is 13.1 Å². The Labute approximate surface area is 157 Å². The molecule has 1 fully saturated rings. The van der Waals surface area contributed by atoms with Gasteiger partial charge in [-0.1, -0.05) is 23.7 Å². The summed E-state index contributed by atoms with van der Waals surface area (Å²) < 4.78 is 52.3. The summed E-state index contributed by atoms with van der Waals surface area (Å²) in [5.74, 6) is 0. The Bertz CT molecular complexity index is 1070. The zero-order valence-electron chi connectivity index (χ0n) is 13.5. The number of nitriles is 1. The van der Waals surface area contributed by atoms with Crippen LogP contribution in [0.4, 0.5) is 0 Å². The summed E-state index contributed by atoms with van der Waals surface area (Å²) in [5, 5.41) is 8.72. The second-order valence-corrected chi connectivity index (χ2v) is 10.5. The molecule has 136 valence electrons. The van der Waals surface area contributed by atoms with Gasteiger partial charge in [-0.15, -0.1) is 0 Å². The summed E-state index contributed by atoms with van der Waals surface area (Å²) in [6.07, 6.45) is 0.193. The van der Waals surface area contributed by atoms with E-state index in [0.717, 1.165) is 4.31 Å². The second-order valence-electron chi connectivity index (χ2n) is 5.88. The Kier molecular flexibility index (Phi) is 5.08. The maximum absolute atomic E-state index is 12.8. The van der Waals surface area contributed by atoms with E-state index < -0.39 is 25.1 Å². The molecule has 9 heteroatoms. The highest BCUT2D eigenvalue weighted by Crippen LogP contribution is 2.29. The second kappa shape index (κ2) is 7.00. The van der Waals surface area contributed by atoms with Gasteiger partial charge in [0.15, 0.2) is 9.84 Å². The Morgan fingerprint density at radius 2 is 1.69 bits per heavy atom. The molecule has 0 aromatic heterocycles. The molecule has 1 atom stereocenters. The van der Waals surface area contributed by atoms with Crippen LogP contribution in [0.3, 0.4) is 0 Å². The van der Waals surface area contributed by atoms with Crippen molar-refractivity contribution < 1.29 is 16.8 Å². The third-order valence-electron chi connectivity index (χ3n) is 4.31. The van der Waals surface area contributed by atoms with Crippen molar-refractivity contribution in [2.24, 2.45) is 0 Å². The number of rotatable bonds is 4. The molecule has 26 heavy (non-hydrogen) atoms. The number of benzene rings is 2. The smallest absolute Gasteiger partial charge is 0.223 e. The summed E-state index contributed by atoms with van der Waals surface area (Å²) in [6.45, 7) is -0.0629. The monoisotopic (exact) mass is 410 g/mol. The molecule has 0 spiro atoms. The van der Waals surface area contributed by atoms with E-state index in [9.17, 15) is 16.8 Å². The van der Waals surface area contributed by atoms with Crippen LogP contribution < -0.4 is 0 Å². The summed E-state index contributed by atoms with van der Waals surface area (Å²) in [5.41, 5.74) is 0.0384. The number of hydrogen-bond acceptors (Lipinski definition) is 5. The minimum atomic E-state index is -3.94. The molecule has 3 rings (SSSR count). The predicted octanol–water partition coefficient (Wildman–Crippen LogP) is 2.45. The van der Waals surface area contributed by atoms with Crippen LogP contribution in [0.25, 0.3) is 0 Å². The lowest BCUT2D eigenvalue weighted by Crippen LogP contribution is -2.32. The molecule has 6 nitrogen and oxygen atoms in total. The molecule has 1 heterocycles. The number of sulfonamides is 1. The normalized spacial score (nSPS) is 18.5. The Morgan fingerprint density at radius 3 is 2.35 bits per heavy atom. The summed E-state index contributed by atoms with van der Waals surface area (Å²) >= 11 is 5.79. The lowest BCUT2D eigenvalue weighted by atomic mass is 10.2. The van der Waals surface area contributed by atoms with Crippen LogP contribution in [-0.4, -0.2) is 39.5 Å². The minimum Gasteiger partial charge on any atom is -0.223 e. The molecule has 0 N–H and O–H groups in total. The van der Waals surface area contributed by atoms with E-state index >= 15 is 0 Å². The van der Waals surface area contributed by atoms with Crippen molar-refractivity contribution in [2.45, 2.75) is 21.5 Å². The van der Waals surface area contributed by atoms with Gasteiger partial charge in [0.2, 0.25) is 10.0 Å². The van der Waals surface area contributed by atoms with Crippen molar-refractivity contribution in [3.63, 3.8) is 0 Å². The number of hydrogen-bond donors (Lipinski definition) is 0. The molecule has 1 saturated heterocycles. The molecule has 0 aliphatic carbocycles. The van der Waals surface area contributed by atoms with Gasteiger partial charge in [0.25, 0.3) is 0 Å². The first-order valence-corrected chi connectivity index (χ1v) is 11.1. The third-order valence-corrected chi connectivity index (χ3v) is 8.68. The van der Waals surface area contributed by atoms with Crippen LogP contribution in [-0.2, 0) is 19.9 Å². The summed E-state index contributed by atoms with van der Waals surface area (Å²) in [6, 6.07) is 13.6. The van der Waals surface area contributed by atoms with Crippen molar-refractivity contribution in [1.82, 2.24) is 4.31 Å². The van der Waals surface area contributed by atoms with Gasteiger partial charge < -0.3 is 0 Å². The molecular formula is C17H15ClN2O4S2. The van der Waals surface area contributed by atoms with E-state index in [4.69, 9.17) is 16.9 Å². The van der Waals surface area contributed by atoms with Crippen LogP contribution in [0.2, 0.25) is 5.02 Å². The molecule has 0 unspecified atom stereocenters. The fourth-order valence-corrected chi connectivity index (χ4v) is 6.46. The zero-order valence-corrected chi connectivity index (χ0v) is 15.9. The lowest BCUT2D eigenvalue weighted by molar-refractivity contribution is 0.476. The maximum atomic E-state index is 12.8. The third kappa shape index (κ3) is 3.35. The highest BCUT2D eigenvalue weighted by atomic mass is 35.5. The van der Waals surface area contributed by atoms with Crippen LogP contribution in [0.15, 0.2) is 58.3 Å². The van der Waals surface area contributed by atoms with Crippen LogP contribution in [0.1, 0.15) is 12.0 Å². The SMILES string of the molecule is N#Cc1ccccc1S(=O)(=O)N1CC[C@H](S(=O)(=O)c2ccc(Cl)cc2)C1. The van der Waals surface area contributed by atoms with E-state index in [1.54, 1.807) is 6.07 Å². The molecule has 2 aromatic carbocycles. The largest absolute Gasteiger partial charge is 0.244 e. The molecule has 2 aromatic rings. The highest BCUT2D eigenvalue weighted by molar-refractivity contribution is 7.92. The number of sulfone groups is 1. The van der Waals surface area contributed by atoms with Gasteiger partial charge in [-0.3, -0.25) is 0 Å². The van der Waals surface area contributed by atoms with E-state index in [1.807, 2.05) is 6.07 Å².